The quantitative estimate of drug-likeness (QED) is 0.150. The van der Waals surface area contributed by atoms with Crippen LogP contribution in [0.3, 0.4) is 0 Å². The number of nitriles is 1. The van der Waals surface area contributed by atoms with Gasteiger partial charge in [-0.25, -0.2) is 4.68 Å². The summed E-state index contributed by atoms with van der Waals surface area (Å²) < 4.78 is 1.60. The molecule has 1 aliphatic rings. The van der Waals surface area contributed by atoms with E-state index in [0.29, 0.717) is 29.2 Å². The lowest BCUT2D eigenvalue weighted by Gasteiger charge is -2.24. The number of hydrogen-bond donors (Lipinski definition) is 0. The molecule has 182 valence electrons. The lowest BCUT2D eigenvalue weighted by molar-refractivity contribution is -0.384. The zero-order chi connectivity index (χ0) is 25.9. The van der Waals surface area contributed by atoms with Crippen LogP contribution in [0, 0.1) is 27.4 Å². The average Bonchev–Trinajstić information content (AvgIpc) is 3.33. The van der Waals surface area contributed by atoms with Crippen LogP contribution >= 0.6 is 11.8 Å². The molecule has 1 atom stereocenters. The van der Waals surface area contributed by atoms with E-state index < -0.39 is 16.7 Å². The zero-order valence-corrected chi connectivity index (χ0v) is 20.2. The van der Waals surface area contributed by atoms with Crippen molar-refractivity contribution >= 4 is 35.5 Å². The second kappa shape index (κ2) is 10.1. The number of amides is 1. The third-order valence-corrected chi connectivity index (χ3v) is 7.11. The number of nitrogens with zero attached hydrogens (tertiary/aromatic N) is 5. The van der Waals surface area contributed by atoms with Crippen molar-refractivity contribution in [1.29, 1.82) is 5.26 Å². The maximum absolute atomic E-state index is 13.5. The topological polar surface area (TPSA) is 122 Å². The number of nitro groups is 1. The molecular formula is C27H19N5O4S. The number of benzene rings is 3. The first kappa shape index (κ1) is 24.0. The summed E-state index contributed by atoms with van der Waals surface area (Å²) in [6.07, 6.45) is 0.328. The van der Waals surface area contributed by atoms with Crippen molar-refractivity contribution in [2.45, 2.75) is 17.2 Å². The predicted octanol–water partition coefficient (Wildman–Crippen LogP) is 4.93. The Bertz CT molecular complexity index is 1560. The largest absolute Gasteiger partial charge is 0.301 e. The molecule has 5 rings (SSSR count). The summed E-state index contributed by atoms with van der Waals surface area (Å²) in [6, 6.07) is 24.8. The van der Waals surface area contributed by atoms with E-state index in [4.69, 9.17) is 5.10 Å². The minimum Gasteiger partial charge on any atom is -0.301 e. The molecule has 1 amide bonds. The molecule has 2 heterocycles. The molecule has 0 saturated heterocycles. The van der Waals surface area contributed by atoms with Crippen molar-refractivity contribution in [3.63, 3.8) is 0 Å². The van der Waals surface area contributed by atoms with Gasteiger partial charge in [-0.3, -0.25) is 19.8 Å². The first-order valence-electron chi connectivity index (χ1n) is 11.3. The Labute approximate surface area is 216 Å². The number of carbonyl (C=O) groups excluding carboxylic acids is 2. The maximum Gasteiger partial charge on any atom is 0.271 e. The minimum atomic E-state index is -1.49. The van der Waals surface area contributed by atoms with Crippen LogP contribution in [0.15, 0.2) is 83.8 Å². The van der Waals surface area contributed by atoms with E-state index >= 15 is 0 Å². The fourth-order valence-corrected chi connectivity index (χ4v) is 5.32. The van der Waals surface area contributed by atoms with Crippen LogP contribution in [0.1, 0.15) is 11.1 Å². The van der Waals surface area contributed by atoms with E-state index in [0.717, 1.165) is 21.6 Å². The number of rotatable bonds is 7. The van der Waals surface area contributed by atoms with Gasteiger partial charge in [0.15, 0.2) is 11.7 Å². The Morgan fingerprint density at radius 3 is 2.65 bits per heavy atom. The Hall–Kier alpha value is -4.75. The Morgan fingerprint density at radius 2 is 1.92 bits per heavy atom. The van der Waals surface area contributed by atoms with Gasteiger partial charge in [-0.15, -0.1) is 16.9 Å². The van der Waals surface area contributed by atoms with E-state index in [1.807, 2.05) is 54.6 Å². The number of carbonyl (C=O) groups is 2. The molecule has 1 aliphatic heterocycles. The fourth-order valence-electron chi connectivity index (χ4n) is 4.26. The van der Waals surface area contributed by atoms with Gasteiger partial charge in [-0.2, -0.15) is 5.26 Å². The minimum absolute atomic E-state index is 0.0931. The van der Waals surface area contributed by atoms with Gasteiger partial charge in [-0.1, -0.05) is 54.6 Å². The molecule has 3 aromatic carbocycles. The van der Waals surface area contributed by atoms with E-state index in [1.165, 1.54) is 17.0 Å². The molecule has 0 radical (unpaired) electrons. The molecule has 0 spiro atoms. The van der Waals surface area contributed by atoms with Gasteiger partial charge in [0.05, 0.1) is 28.9 Å². The third-order valence-electron chi connectivity index (χ3n) is 6.01. The molecule has 1 aromatic heterocycles. The van der Waals surface area contributed by atoms with Crippen molar-refractivity contribution in [2.24, 2.45) is 5.92 Å². The molecule has 37 heavy (non-hydrogen) atoms. The molecule has 0 aliphatic carbocycles. The average molecular weight is 510 g/mol. The van der Waals surface area contributed by atoms with Gasteiger partial charge in [0, 0.05) is 33.9 Å². The van der Waals surface area contributed by atoms with Crippen LogP contribution < -0.4 is 4.90 Å². The summed E-state index contributed by atoms with van der Waals surface area (Å²) in [4.78, 5) is 38.4. The Kier molecular flexibility index (Phi) is 6.53. The number of aromatic nitrogens is 2. The lowest BCUT2D eigenvalue weighted by Crippen LogP contribution is -2.37. The number of aldehydes is 1. The summed E-state index contributed by atoms with van der Waals surface area (Å²) in [6.45, 7) is 0.0936. The van der Waals surface area contributed by atoms with Crippen molar-refractivity contribution in [3.05, 3.63) is 100 Å². The highest BCUT2D eigenvalue weighted by atomic mass is 32.2. The van der Waals surface area contributed by atoms with Gasteiger partial charge in [0.25, 0.3) is 11.6 Å². The first-order valence-corrected chi connectivity index (χ1v) is 12.3. The highest BCUT2D eigenvalue weighted by molar-refractivity contribution is 7.98. The maximum atomic E-state index is 13.5. The molecule has 1 unspecified atom stereocenters. The van der Waals surface area contributed by atoms with Crippen LogP contribution in [0.5, 0.6) is 0 Å². The fraction of sp³-hybridized carbons (Fsp3) is 0.111. The number of anilines is 1. The van der Waals surface area contributed by atoms with Crippen LogP contribution in [-0.2, 0) is 21.9 Å². The van der Waals surface area contributed by atoms with Crippen LogP contribution in [0.25, 0.3) is 16.9 Å². The summed E-state index contributed by atoms with van der Waals surface area (Å²) in [5, 5.41) is 25.7. The first-order chi connectivity index (χ1) is 18.0. The van der Waals surface area contributed by atoms with Gasteiger partial charge in [0.2, 0.25) is 0 Å². The van der Waals surface area contributed by atoms with E-state index in [1.54, 1.807) is 34.6 Å². The molecule has 0 fully saturated rings. The van der Waals surface area contributed by atoms with Crippen LogP contribution in [0.2, 0.25) is 0 Å². The van der Waals surface area contributed by atoms with Crippen LogP contribution in [-0.4, -0.2) is 26.9 Å². The predicted molar refractivity (Wildman–Crippen MR) is 138 cm³/mol. The number of thioether (sulfide) groups is 1. The van der Waals surface area contributed by atoms with Crippen molar-refractivity contribution in [1.82, 2.24) is 9.78 Å². The van der Waals surface area contributed by atoms with E-state index in [2.05, 4.69) is 0 Å². The normalized spacial score (nSPS) is 12.5. The number of hydrogen-bond acceptors (Lipinski definition) is 7. The van der Waals surface area contributed by atoms with Gasteiger partial charge < -0.3 is 4.79 Å². The van der Waals surface area contributed by atoms with Crippen molar-refractivity contribution in [3.8, 4) is 23.0 Å². The van der Waals surface area contributed by atoms with Crippen molar-refractivity contribution in [2.75, 3.05) is 4.90 Å². The van der Waals surface area contributed by atoms with Gasteiger partial charge in [0.1, 0.15) is 6.29 Å². The monoisotopic (exact) mass is 509 g/mol. The van der Waals surface area contributed by atoms with Gasteiger partial charge >= 0.3 is 0 Å². The molecule has 10 heteroatoms. The summed E-state index contributed by atoms with van der Waals surface area (Å²) in [5.74, 6) is -1.39. The molecule has 9 nitrogen and oxygen atoms in total. The number of non-ortho nitro benzene ring substituents is 1. The number of fused-ring (bicyclic) bond motifs is 3. The van der Waals surface area contributed by atoms with E-state index in [-0.39, 0.29) is 12.2 Å². The van der Waals surface area contributed by atoms with Gasteiger partial charge in [-0.05, 0) is 17.7 Å². The highest BCUT2D eigenvalue weighted by Gasteiger charge is 2.34. The molecule has 0 saturated carbocycles. The third kappa shape index (κ3) is 4.48. The summed E-state index contributed by atoms with van der Waals surface area (Å²) in [5.41, 5.74) is 3.47. The lowest BCUT2D eigenvalue weighted by atomic mass is 10.1. The number of nitro benzene ring substituents is 1. The molecule has 0 N–H and O–H groups in total. The summed E-state index contributed by atoms with van der Waals surface area (Å²) >= 11 is 1.58. The zero-order valence-electron chi connectivity index (χ0n) is 19.4. The standard InChI is InChI=1S/C27H19N5O4S/c28-14-19(16-33)27(34)30(15-18-7-2-1-3-8-18)26-23-17-37-24-12-5-4-11-22(24)25(23)31(29-26)20-9-6-10-21(13-20)32(35)36/h1-13,16,19H,15,17H2. The van der Waals surface area contributed by atoms with E-state index in [9.17, 15) is 25.0 Å². The second-order valence-electron chi connectivity index (χ2n) is 8.28. The SMILES string of the molecule is N#CC(C=O)C(=O)N(Cc1ccccc1)c1nn(-c2cccc([N+](=O)[O-])c2)c2c1CSc1ccccc1-2. The molecular weight excluding hydrogens is 490 g/mol. The summed E-state index contributed by atoms with van der Waals surface area (Å²) in [7, 11) is 0. The second-order valence-corrected chi connectivity index (χ2v) is 9.29. The molecule has 4 aromatic rings. The highest BCUT2D eigenvalue weighted by Crippen LogP contribution is 2.46. The Morgan fingerprint density at radius 1 is 1.16 bits per heavy atom. The van der Waals surface area contributed by atoms with Crippen LogP contribution in [0.4, 0.5) is 11.5 Å². The smallest absolute Gasteiger partial charge is 0.271 e. The molecule has 0 bridgehead atoms. The van der Waals surface area contributed by atoms with Crippen molar-refractivity contribution < 1.29 is 14.5 Å². The Balaban J connectivity index is 1.75.